The van der Waals surface area contributed by atoms with Crippen LogP contribution in [0, 0.1) is 12.8 Å². The molecule has 0 spiro atoms. The highest BCUT2D eigenvalue weighted by molar-refractivity contribution is 7.20. The maximum atomic E-state index is 12.7. The minimum atomic E-state index is -0.0744. The van der Waals surface area contributed by atoms with E-state index in [1.54, 1.807) is 4.57 Å². The summed E-state index contributed by atoms with van der Waals surface area (Å²) in [6.45, 7) is 3.30. The van der Waals surface area contributed by atoms with Gasteiger partial charge in [-0.25, -0.2) is 4.98 Å². The van der Waals surface area contributed by atoms with Gasteiger partial charge in [0.2, 0.25) is 0 Å². The number of fused-ring (bicyclic) bond motifs is 2. The maximum absolute atomic E-state index is 12.7. The number of carbonyl (C=O) groups is 1. The van der Waals surface area contributed by atoms with Crippen molar-refractivity contribution in [2.75, 3.05) is 6.54 Å². The molecule has 0 radical (unpaired) electrons. The van der Waals surface area contributed by atoms with Crippen molar-refractivity contribution >= 4 is 27.5 Å². The van der Waals surface area contributed by atoms with Crippen molar-refractivity contribution in [3.8, 4) is 0 Å². The van der Waals surface area contributed by atoms with E-state index in [4.69, 9.17) is 0 Å². The van der Waals surface area contributed by atoms with E-state index in [1.165, 1.54) is 11.3 Å². The van der Waals surface area contributed by atoms with Crippen LogP contribution in [0.2, 0.25) is 0 Å². The molecule has 4 rings (SSSR count). The molecule has 1 atom stereocenters. The van der Waals surface area contributed by atoms with Gasteiger partial charge >= 0.3 is 0 Å². The van der Waals surface area contributed by atoms with Crippen molar-refractivity contribution in [2.24, 2.45) is 5.92 Å². The Hall–Kier alpha value is -1.95. The Morgan fingerprint density at radius 2 is 2.33 bits per heavy atom. The Morgan fingerprint density at radius 3 is 3.12 bits per heavy atom. The van der Waals surface area contributed by atoms with Crippen LogP contribution in [0.25, 0.3) is 10.2 Å². The number of amides is 1. The van der Waals surface area contributed by atoms with Crippen molar-refractivity contribution in [2.45, 2.75) is 45.6 Å². The zero-order valence-corrected chi connectivity index (χ0v) is 14.6. The van der Waals surface area contributed by atoms with Gasteiger partial charge in [-0.2, -0.15) is 0 Å². The van der Waals surface area contributed by atoms with Gasteiger partial charge in [0, 0.05) is 19.5 Å². The van der Waals surface area contributed by atoms with E-state index in [0.717, 1.165) is 50.0 Å². The fourth-order valence-electron chi connectivity index (χ4n) is 3.65. The first-order chi connectivity index (χ1) is 11.6. The van der Waals surface area contributed by atoms with Gasteiger partial charge in [0.15, 0.2) is 0 Å². The lowest BCUT2D eigenvalue weighted by Crippen LogP contribution is -2.29. The molecule has 2 aliphatic rings. The molecule has 2 aromatic rings. The first-order valence-electron chi connectivity index (χ1n) is 8.61. The van der Waals surface area contributed by atoms with Gasteiger partial charge in [0.25, 0.3) is 11.5 Å². The minimum absolute atomic E-state index is 0.0118. The quantitative estimate of drug-likeness (QED) is 0.872. The molecule has 24 heavy (non-hydrogen) atoms. The SMILES string of the molecule is Cc1c(C(=O)NCC2CC=CCC2)sc2nc3n(c(=O)c12)CCC3. The highest BCUT2D eigenvalue weighted by atomic mass is 32.1. The van der Waals surface area contributed by atoms with Crippen molar-refractivity contribution in [1.82, 2.24) is 14.9 Å². The molecule has 1 aliphatic heterocycles. The topological polar surface area (TPSA) is 64.0 Å². The number of nitrogens with one attached hydrogen (secondary N) is 1. The van der Waals surface area contributed by atoms with Crippen LogP contribution >= 0.6 is 11.3 Å². The van der Waals surface area contributed by atoms with E-state index in [9.17, 15) is 9.59 Å². The summed E-state index contributed by atoms with van der Waals surface area (Å²) in [7, 11) is 0. The molecule has 126 valence electrons. The van der Waals surface area contributed by atoms with Crippen LogP contribution in [0.5, 0.6) is 0 Å². The zero-order valence-electron chi connectivity index (χ0n) is 13.8. The molecule has 1 unspecified atom stereocenters. The zero-order chi connectivity index (χ0) is 16.7. The van der Waals surface area contributed by atoms with E-state index < -0.39 is 0 Å². The van der Waals surface area contributed by atoms with E-state index in [0.29, 0.717) is 27.6 Å². The van der Waals surface area contributed by atoms with Crippen LogP contribution in [-0.2, 0) is 13.0 Å². The largest absolute Gasteiger partial charge is 0.351 e. The van der Waals surface area contributed by atoms with Gasteiger partial charge in [-0.05, 0) is 44.1 Å². The molecule has 3 heterocycles. The molecule has 1 aliphatic carbocycles. The molecule has 0 aromatic carbocycles. The van der Waals surface area contributed by atoms with Crippen LogP contribution in [0.3, 0.4) is 0 Å². The molecule has 5 nitrogen and oxygen atoms in total. The Morgan fingerprint density at radius 1 is 1.46 bits per heavy atom. The number of carbonyl (C=O) groups excluding carboxylic acids is 1. The molecular formula is C18H21N3O2S. The summed E-state index contributed by atoms with van der Waals surface area (Å²) in [6.07, 6.45) is 9.46. The maximum Gasteiger partial charge on any atom is 0.262 e. The second-order valence-electron chi connectivity index (χ2n) is 6.69. The summed E-state index contributed by atoms with van der Waals surface area (Å²) < 4.78 is 1.76. The fraction of sp³-hybridized carbons (Fsp3) is 0.500. The van der Waals surface area contributed by atoms with E-state index >= 15 is 0 Å². The first-order valence-corrected chi connectivity index (χ1v) is 9.43. The number of aromatic nitrogens is 2. The highest BCUT2D eigenvalue weighted by Gasteiger charge is 2.23. The monoisotopic (exact) mass is 343 g/mol. The number of thiophene rings is 1. The minimum Gasteiger partial charge on any atom is -0.351 e. The smallest absolute Gasteiger partial charge is 0.262 e. The highest BCUT2D eigenvalue weighted by Crippen LogP contribution is 2.28. The number of nitrogens with zero attached hydrogens (tertiary/aromatic N) is 2. The Balaban J connectivity index is 1.61. The number of aryl methyl sites for hydroxylation is 2. The molecule has 6 heteroatoms. The molecule has 0 saturated carbocycles. The summed E-state index contributed by atoms with van der Waals surface area (Å²) in [4.78, 5) is 31.2. The van der Waals surface area contributed by atoms with Crippen LogP contribution < -0.4 is 10.9 Å². The van der Waals surface area contributed by atoms with Crippen molar-refractivity contribution in [1.29, 1.82) is 0 Å². The third-order valence-corrected chi connectivity index (χ3v) is 6.23. The van der Waals surface area contributed by atoms with Crippen LogP contribution in [0.4, 0.5) is 0 Å². The van der Waals surface area contributed by atoms with E-state index in [-0.39, 0.29) is 11.5 Å². The molecule has 1 amide bonds. The lowest BCUT2D eigenvalue weighted by Gasteiger charge is -2.17. The fourth-order valence-corrected chi connectivity index (χ4v) is 4.76. The second kappa shape index (κ2) is 6.16. The number of allylic oxidation sites excluding steroid dienone is 2. The van der Waals surface area contributed by atoms with Crippen LogP contribution in [0.1, 0.15) is 46.7 Å². The van der Waals surface area contributed by atoms with Gasteiger partial charge in [-0.1, -0.05) is 12.2 Å². The van der Waals surface area contributed by atoms with Crippen molar-refractivity contribution in [3.63, 3.8) is 0 Å². The van der Waals surface area contributed by atoms with Crippen molar-refractivity contribution < 1.29 is 4.79 Å². The first kappa shape index (κ1) is 15.6. The van der Waals surface area contributed by atoms with Gasteiger partial charge in [0.1, 0.15) is 10.7 Å². The Kier molecular flexibility index (Phi) is 4.00. The summed E-state index contributed by atoms with van der Waals surface area (Å²) >= 11 is 1.35. The van der Waals surface area contributed by atoms with Gasteiger partial charge < -0.3 is 5.32 Å². The molecule has 2 aromatic heterocycles. The lowest BCUT2D eigenvalue weighted by molar-refractivity contribution is 0.0950. The Bertz CT molecular complexity index is 894. The molecule has 0 bridgehead atoms. The van der Waals surface area contributed by atoms with Gasteiger partial charge in [0.05, 0.1) is 10.3 Å². The summed E-state index contributed by atoms with van der Waals surface area (Å²) in [5.74, 6) is 1.30. The van der Waals surface area contributed by atoms with Crippen LogP contribution in [-0.4, -0.2) is 22.0 Å². The summed E-state index contributed by atoms with van der Waals surface area (Å²) in [5, 5.41) is 3.67. The number of hydrogen-bond acceptors (Lipinski definition) is 4. The summed E-state index contributed by atoms with van der Waals surface area (Å²) in [6, 6.07) is 0. The average molecular weight is 343 g/mol. The van der Waals surface area contributed by atoms with Gasteiger partial charge in [-0.15, -0.1) is 11.3 Å². The Labute approximate surface area is 144 Å². The predicted octanol–water partition coefficient (Wildman–Crippen LogP) is 2.80. The number of rotatable bonds is 3. The third kappa shape index (κ3) is 2.59. The molecule has 0 fully saturated rings. The molecular weight excluding hydrogens is 322 g/mol. The normalized spacial score (nSPS) is 19.6. The predicted molar refractivity (Wildman–Crippen MR) is 95.8 cm³/mol. The van der Waals surface area contributed by atoms with Crippen molar-refractivity contribution in [3.05, 3.63) is 38.8 Å². The van der Waals surface area contributed by atoms with E-state index in [1.807, 2.05) is 6.92 Å². The summed E-state index contributed by atoms with van der Waals surface area (Å²) in [5.41, 5.74) is 0.786. The van der Waals surface area contributed by atoms with E-state index in [2.05, 4.69) is 22.5 Å². The third-order valence-electron chi connectivity index (χ3n) is 5.05. The second-order valence-corrected chi connectivity index (χ2v) is 7.68. The standard InChI is InChI=1S/C18H21N3O2S/c1-11-14-17(20-13-8-5-9-21(13)18(14)23)24-15(11)16(22)19-10-12-6-3-2-4-7-12/h2-3,12H,4-10H2,1H3,(H,19,22). The molecule has 1 N–H and O–H groups in total. The van der Waals surface area contributed by atoms with Crippen LogP contribution in [0.15, 0.2) is 16.9 Å². The van der Waals surface area contributed by atoms with Gasteiger partial charge in [-0.3, -0.25) is 14.2 Å². The number of hydrogen-bond donors (Lipinski definition) is 1. The average Bonchev–Trinajstić information content (AvgIpc) is 3.19. The lowest BCUT2D eigenvalue weighted by atomic mass is 9.94. The molecule has 0 saturated heterocycles.